The maximum Gasteiger partial charge on any atom is 0.134 e. The average Bonchev–Trinajstić information content (AvgIpc) is 2.47. The van der Waals surface area contributed by atoms with E-state index in [0.717, 1.165) is 21.1 Å². The van der Waals surface area contributed by atoms with Crippen molar-refractivity contribution >= 4 is 32.5 Å². The number of phenolic OH excluding ortho intramolecular Hbond substituents is 1. The Morgan fingerprint density at radius 2 is 1.85 bits per heavy atom. The van der Waals surface area contributed by atoms with Gasteiger partial charge in [0, 0.05) is 22.6 Å². The first-order valence-corrected chi connectivity index (χ1v) is 7.08. The van der Waals surface area contributed by atoms with E-state index in [1.165, 1.54) is 5.56 Å². The maximum absolute atomic E-state index is 9.61. The SMILES string of the molecule is Oc1ccc2ccnc(NCc3ccc(Br)cc3)c2c1. The molecule has 0 bridgehead atoms. The Morgan fingerprint density at radius 1 is 1.05 bits per heavy atom. The molecular weight excluding hydrogens is 316 g/mol. The first-order chi connectivity index (χ1) is 9.72. The Hall–Kier alpha value is -2.07. The molecule has 0 spiro atoms. The predicted molar refractivity (Wildman–Crippen MR) is 84.9 cm³/mol. The van der Waals surface area contributed by atoms with E-state index < -0.39 is 0 Å². The highest BCUT2D eigenvalue weighted by molar-refractivity contribution is 9.10. The number of halogens is 1. The lowest BCUT2D eigenvalue weighted by Crippen LogP contribution is -2.01. The first-order valence-electron chi connectivity index (χ1n) is 6.28. The van der Waals surface area contributed by atoms with Gasteiger partial charge in [0.2, 0.25) is 0 Å². The summed E-state index contributed by atoms with van der Waals surface area (Å²) in [6.45, 7) is 0.690. The van der Waals surface area contributed by atoms with Crippen molar-refractivity contribution < 1.29 is 5.11 Å². The quantitative estimate of drug-likeness (QED) is 0.752. The van der Waals surface area contributed by atoms with Crippen LogP contribution < -0.4 is 5.32 Å². The molecule has 0 aliphatic rings. The van der Waals surface area contributed by atoms with E-state index in [0.29, 0.717) is 6.54 Å². The van der Waals surface area contributed by atoms with Crippen LogP contribution in [0.3, 0.4) is 0 Å². The van der Waals surface area contributed by atoms with Gasteiger partial charge >= 0.3 is 0 Å². The standard InChI is InChI=1S/C16H13BrN2O/c17-13-4-1-11(2-5-13)10-19-16-15-9-14(20)6-3-12(15)7-8-18-16/h1-9,20H,10H2,(H,18,19). The maximum atomic E-state index is 9.61. The number of aromatic hydroxyl groups is 1. The van der Waals surface area contributed by atoms with Crippen molar-refractivity contribution in [3.63, 3.8) is 0 Å². The van der Waals surface area contributed by atoms with Crippen LogP contribution in [0.5, 0.6) is 5.75 Å². The summed E-state index contributed by atoms with van der Waals surface area (Å²) in [5.41, 5.74) is 1.17. The lowest BCUT2D eigenvalue weighted by Gasteiger charge is -2.09. The van der Waals surface area contributed by atoms with Gasteiger partial charge in [-0.1, -0.05) is 34.1 Å². The Bertz CT molecular complexity index is 741. The van der Waals surface area contributed by atoms with E-state index in [1.54, 1.807) is 18.3 Å². The van der Waals surface area contributed by atoms with Gasteiger partial charge in [-0.3, -0.25) is 0 Å². The molecule has 0 fully saturated rings. The molecule has 3 aromatic rings. The fourth-order valence-electron chi connectivity index (χ4n) is 2.09. The number of nitrogens with zero attached hydrogens (tertiary/aromatic N) is 1. The molecule has 0 atom stereocenters. The number of nitrogens with one attached hydrogen (secondary N) is 1. The summed E-state index contributed by atoms with van der Waals surface area (Å²) in [6, 6.07) is 15.4. The van der Waals surface area contributed by atoms with E-state index in [1.807, 2.05) is 24.3 Å². The zero-order valence-corrected chi connectivity index (χ0v) is 12.3. The van der Waals surface area contributed by atoms with Crippen LogP contribution in [0.1, 0.15) is 5.56 Å². The number of hydrogen-bond donors (Lipinski definition) is 2. The molecule has 0 unspecified atom stereocenters. The average molecular weight is 329 g/mol. The van der Waals surface area contributed by atoms with Crippen molar-refractivity contribution in [1.82, 2.24) is 4.98 Å². The summed E-state index contributed by atoms with van der Waals surface area (Å²) < 4.78 is 1.06. The molecule has 0 saturated carbocycles. The van der Waals surface area contributed by atoms with Gasteiger partial charge in [0.05, 0.1) is 0 Å². The molecule has 0 aliphatic heterocycles. The van der Waals surface area contributed by atoms with Gasteiger partial charge in [-0.05, 0) is 41.3 Å². The molecule has 3 nitrogen and oxygen atoms in total. The number of hydrogen-bond acceptors (Lipinski definition) is 3. The Balaban J connectivity index is 1.87. The van der Waals surface area contributed by atoms with Crippen LogP contribution in [0, 0.1) is 0 Å². The molecule has 3 rings (SSSR count). The number of phenols is 1. The van der Waals surface area contributed by atoms with Gasteiger partial charge in [-0.15, -0.1) is 0 Å². The highest BCUT2D eigenvalue weighted by atomic mass is 79.9. The van der Waals surface area contributed by atoms with Gasteiger partial charge in [0.1, 0.15) is 11.6 Å². The number of aromatic nitrogens is 1. The second-order valence-corrected chi connectivity index (χ2v) is 5.46. The van der Waals surface area contributed by atoms with Gasteiger partial charge in [-0.25, -0.2) is 4.98 Å². The first kappa shape index (κ1) is 12.9. The molecule has 4 heteroatoms. The second-order valence-electron chi connectivity index (χ2n) is 4.55. The Labute approximate surface area is 125 Å². The third-order valence-electron chi connectivity index (χ3n) is 3.12. The van der Waals surface area contributed by atoms with Crippen molar-refractivity contribution in [2.75, 3.05) is 5.32 Å². The molecule has 1 heterocycles. The minimum absolute atomic E-state index is 0.247. The van der Waals surface area contributed by atoms with Crippen LogP contribution in [0.15, 0.2) is 59.2 Å². The number of rotatable bonds is 3. The summed E-state index contributed by atoms with van der Waals surface area (Å²) in [7, 11) is 0. The van der Waals surface area contributed by atoms with E-state index in [9.17, 15) is 5.11 Å². The molecule has 0 radical (unpaired) electrons. The Morgan fingerprint density at radius 3 is 2.65 bits per heavy atom. The van der Waals surface area contributed by atoms with E-state index in [4.69, 9.17) is 0 Å². The lowest BCUT2D eigenvalue weighted by atomic mass is 10.1. The second kappa shape index (κ2) is 5.51. The van der Waals surface area contributed by atoms with Crippen LogP contribution in [-0.2, 0) is 6.54 Å². The molecule has 2 aromatic carbocycles. The van der Waals surface area contributed by atoms with Gasteiger partial charge in [0.15, 0.2) is 0 Å². The number of fused-ring (bicyclic) bond motifs is 1. The summed E-state index contributed by atoms with van der Waals surface area (Å²) in [5, 5.41) is 14.9. The minimum atomic E-state index is 0.247. The van der Waals surface area contributed by atoms with Crippen LogP contribution in [0.25, 0.3) is 10.8 Å². The topological polar surface area (TPSA) is 45.2 Å². The molecule has 0 saturated heterocycles. The number of benzene rings is 2. The van der Waals surface area contributed by atoms with Crippen LogP contribution in [-0.4, -0.2) is 10.1 Å². The zero-order valence-electron chi connectivity index (χ0n) is 10.7. The summed E-state index contributed by atoms with van der Waals surface area (Å²) in [4.78, 5) is 4.35. The van der Waals surface area contributed by atoms with Gasteiger partial charge < -0.3 is 10.4 Å². The smallest absolute Gasteiger partial charge is 0.134 e. The van der Waals surface area contributed by atoms with Crippen molar-refractivity contribution in [3.05, 3.63) is 64.8 Å². The van der Waals surface area contributed by atoms with Gasteiger partial charge in [-0.2, -0.15) is 0 Å². The number of anilines is 1. The fraction of sp³-hybridized carbons (Fsp3) is 0.0625. The summed E-state index contributed by atoms with van der Waals surface area (Å²) in [6.07, 6.45) is 1.77. The van der Waals surface area contributed by atoms with Crippen LogP contribution >= 0.6 is 15.9 Å². The van der Waals surface area contributed by atoms with E-state index >= 15 is 0 Å². The molecule has 1 aromatic heterocycles. The molecule has 100 valence electrons. The summed E-state index contributed by atoms with van der Waals surface area (Å²) >= 11 is 3.42. The highest BCUT2D eigenvalue weighted by Crippen LogP contribution is 2.25. The largest absolute Gasteiger partial charge is 0.508 e. The molecule has 2 N–H and O–H groups in total. The van der Waals surface area contributed by atoms with Crippen molar-refractivity contribution in [2.45, 2.75) is 6.54 Å². The van der Waals surface area contributed by atoms with Crippen LogP contribution in [0.4, 0.5) is 5.82 Å². The van der Waals surface area contributed by atoms with Crippen LogP contribution in [0.2, 0.25) is 0 Å². The molecular formula is C16H13BrN2O. The van der Waals surface area contributed by atoms with E-state index in [2.05, 4.69) is 38.4 Å². The van der Waals surface area contributed by atoms with Crippen molar-refractivity contribution in [3.8, 4) is 5.75 Å². The zero-order chi connectivity index (χ0) is 13.9. The number of pyridine rings is 1. The minimum Gasteiger partial charge on any atom is -0.508 e. The predicted octanol–water partition coefficient (Wildman–Crippen LogP) is 4.32. The van der Waals surface area contributed by atoms with Gasteiger partial charge in [0.25, 0.3) is 0 Å². The monoisotopic (exact) mass is 328 g/mol. The van der Waals surface area contributed by atoms with E-state index in [-0.39, 0.29) is 5.75 Å². The molecule has 20 heavy (non-hydrogen) atoms. The fourth-order valence-corrected chi connectivity index (χ4v) is 2.35. The molecule has 0 amide bonds. The molecule has 0 aliphatic carbocycles. The van der Waals surface area contributed by atoms with Crippen molar-refractivity contribution in [1.29, 1.82) is 0 Å². The third-order valence-corrected chi connectivity index (χ3v) is 3.65. The highest BCUT2D eigenvalue weighted by Gasteiger charge is 2.03. The third kappa shape index (κ3) is 2.75. The Kier molecular flexibility index (Phi) is 3.56. The lowest BCUT2D eigenvalue weighted by molar-refractivity contribution is 0.476. The normalized spacial score (nSPS) is 10.7. The van der Waals surface area contributed by atoms with Crippen molar-refractivity contribution in [2.24, 2.45) is 0 Å². The summed E-state index contributed by atoms with van der Waals surface area (Å²) in [5.74, 6) is 1.03.